The van der Waals surface area contributed by atoms with Gasteiger partial charge in [-0.05, 0) is 24.6 Å². The van der Waals surface area contributed by atoms with Gasteiger partial charge < -0.3 is 10.1 Å². The predicted octanol–water partition coefficient (Wildman–Crippen LogP) is 2.39. The maximum absolute atomic E-state index is 12.3. The first-order chi connectivity index (χ1) is 12.2. The summed E-state index contributed by atoms with van der Waals surface area (Å²) in [6.07, 6.45) is -2.89. The number of nitrogens with zero attached hydrogens (tertiary/aromatic N) is 1. The predicted molar refractivity (Wildman–Crippen MR) is 85.9 cm³/mol. The first-order valence-corrected chi connectivity index (χ1v) is 8.17. The number of benzene rings is 1. The lowest BCUT2D eigenvalue weighted by atomic mass is 10.1. The number of hydrogen-bond donors (Lipinski definition) is 1. The molecule has 0 aromatic heterocycles. The lowest BCUT2D eigenvalue weighted by Crippen LogP contribution is -2.30. The summed E-state index contributed by atoms with van der Waals surface area (Å²) >= 11 is 0. The summed E-state index contributed by atoms with van der Waals surface area (Å²) in [4.78, 5) is 37.7. The number of imide groups is 1. The van der Waals surface area contributed by atoms with Gasteiger partial charge in [-0.25, -0.2) is 0 Å². The Morgan fingerprint density at radius 1 is 1.19 bits per heavy atom. The summed E-state index contributed by atoms with van der Waals surface area (Å²) in [5, 5.41) is 2.41. The van der Waals surface area contributed by atoms with E-state index in [1.54, 1.807) is 0 Å². The van der Waals surface area contributed by atoms with Gasteiger partial charge in [-0.2, -0.15) is 13.2 Å². The van der Waals surface area contributed by atoms with Gasteiger partial charge in [0.2, 0.25) is 0 Å². The molecule has 0 spiro atoms. The summed E-state index contributed by atoms with van der Waals surface area (Å²) in [7, 11) is 0. The SMILES string of the molecule is CCCCN1C(=O)c2ccc(C(=O)NCCOCC(F)(F)F)cc2C1=O. The van der Waals surface area contributed by atoms with Gasteiger partial charge in [-0.15, -0.1) is 0 Å². The molecule has 2 rings (SSSR count). The molecule has 1 aromatic rings. The molecular weight excluding hydrogens is 353 g/mol. The summed E-state index contributed by atoms with van der Waals surface area (Å²) in [6, 6.07) is 4.14. The van der Waals surface area contributed by atoms with Crippen molar-refractivity contribution < 1.29 is 32.3 Å². The molecule has 0 saturated heterocycles. The third kappa shape index (κ3) is 4.81. The van der Waals surface area contributed by atoms with E-state index in [1.807, 2.05) is 6.92 Å². The first kappa shape index (κ1) is 19.9. The van der Waals surface area contributed by atoms with Gasteiger partial charge in [0.25, 0.3) is 17.7 Å². The molecule has 0 aliphatic carbocycles. The number of nitrogens with one attached hydrogen (secondary N) is 1. The topological polar surface area (TPSA) is 75.7 Å². The highest BCUT2D eigenvalue weighted by Gasteiger charge is 2.35. The minimum absolute atomic E-state index is 0.110. The Bertz CT molecular complexity index is 704. The second kappa shape index (κ2) is 8.31. The molecule has 142 valence electrons. The molecule has 3 amide bonds. The number of hydrogen-bond acceptors (Lipinski definition) is 4. The smallest absolute Gasteiger partial charge is 0.370 e. The number of ether oxygens (including phenoxy) is 1. The van der Waals surface area contributed by atoms with Crippen LogP contribution in [0, 0.1) is 0 Å². The van der Waals surface area contributed by atoms with Crippen LogP contribution in [0.15, 0.2) is 18.2 Å². The molecular formula is C17H19F3N2O4. The molecule has 0 saturated carbocycles. The fourth-order valence-electron chi connectivity index (χ4n) is 2.48. The number of amides is 3. The molecule has 1 heterocycles. The van der Waals surface area contributed by atoms with Gasteiger partial charge in [0.1, 0.15) is 6.61 Å². The number of carbonyl (C=O) groups is 3. The Morgan fingerprint density at radius 2 is 1.88 bits per heavy atom. The average Bonchev–Trinajstić information content (AvgIpc) is 2.82. The Kier molecular flexibility index (Phi) is 6.36. The van der Waals surface area contributed by atoms with Crippen LogP contribution in [-0.4, -0.2) is 55.1 Å². The number of halogens is 3. The van der Waals surface area contributed by atoms with E-state index in [9.17, 15) is 27.6 Å². The Labute approximate surface area is 148 Å². The summed E-state index contributed by atoms with van der Waals surface area (Å²) in [6.45, 7) is 0.478. The van der Waals surface area contributed by atoms with E-state index in [-0.39, 0.29) is 35.7 Å². The van der Waals surface area contributed by atoms with Gasteiger partial charge in [0, 0.05) is 18.7 Å². The number of alkyl halides is 3. The van der Waals surface area contributed by atoms with E-state index >= 15 is 0 Å². The molecule has 1 aliphatic heterocycles. The molecule has 0 unspecified atom stereocenters. The van der Waals surface area contributed by atoms with Crippen molar-refractivity contribution in [3.8, 4) is 0 Å². The zero-order valence-corrected chi connectivity index (χ0v) is 14.2. The van der Waals surface area contributed by atoms with Crippen molar-refractivity contribution in [1.29, 1.82) is 0 Å². The van der Waals surface area contributed by atoms with Gasteiger partial charge >= 0.3 is 6.18 Å². The molecule has 1 aromatic carbocycles. The second-order valence-electron chi connectivity index (χ2n) is 5.80. The summed E-state index contributed by atoms with van der Waals surface area (Å²) in [5.41, 5.74) is 0.557. The van der Waals surface area contributed by atoms with E-state index in [4.69, 9.17) is 0 Å². The van der Waals surface area contributed by atoms with Crippen LogP contribution < -0.4 is 5.32 Å². The highest BCUT2D eigenvalue weighted by molar-refractivity contribution is 6.22. The van der Waals surface area contributed by atoms with Crippen LogP contribution in [0.1, 0.15) is 50.8 Å². The van der Waals surface area contributed by atoms with Crippen molar-refractivity contribution in [1.82, 2.24) is 10.2 Å². The molecule has 1 N–H and O–H groups in total. The van der Waals surface area contributed by atoms with Crippen LogP contribution in [0.3, 0.4) is 0 Å². The third-order valence-corrected chi connectivity index (χ3v) is 3.77. The lowest BCUT2D eigenvalue weighted by Gasteiger charge is -2.12. The van der Waals surface area contributed by atoms with Crippen molar-refractivity contribution in [2.24, 2.45) is 0 Å². The van der Waals surface area contributed by atoms with Gasteiger partial charge in [0.15, 0.2) is 0 Å². The number of fused-ring (bicyclic) bond motifs is 1. The third-order valence-electron chi connectivity index (χ3n) is 3.77. The zero-order chi connectivity index (χ0) is 19.3. The molecule has 0 fully saturated rings. The quantitative estimate of drug-likeness (QED) is 0.562. The summed E-state index contributed by atoms with van der Waals surface area (Å²) in [5.74, 6) is -1.39. The van der Waals surface area contributed by atoms with Crippen LogP contribution in [-0.2, 0) is 4.74 Å². The monoisotopic (exact) mass is 372 g/mol. The maximum atomic E-state index is 12.3. The van der Waals surface area contributed by atoms with Crippen molar-refractivity contribution in [3.05, 3.63) is 34.9 Å². The molecule has 1 aliphatic rings. The molecule has 0 atom stereocenters. The zero-order valence-electron chi connectivity index (χ0n) is 14.2. The minimum atomic E-state index is -4.42. The fourth-order valence-corrected chi connectivity index (χ4v) is 2.48. The highest BCUT2D eigenvalue weighted by atomic mass is 19.4. The van der Waals surface area contributed by atoms with E-state index < -0.39 is 24.6 Å². The van der Waals surface area contributed by atoms with E-state index in [2.05, 4.69) is 10.1 Å². The number of rotatable bonds is 8. The molecule has 6 nitrogen and oxygen atoms in total. The minimum Gasteiger partial charge on any atom is -0.370 e. The van der Waals surface area contributed by atoms with Crippen LogP contribution >= 0.6 is 0 Å². The number of carbonyl (C=O) groups excluding carboxylic acids is 3. The van der Waals surface area contributed by atoms with Crippen LogP contribution in [0.25, 0.3) is 0 Å². The first-order valence-electron chi connectivity index (χ1n) is 8.17. The highest BCUT2D eigenvalue weighted by Crippen LogP contribution is 2.24. The Morgan fingerprint density at radius 3 is 2.54 bits per heavy atom. The van der Waals surface area contributed by atoms with Gasteiger partial charge in [0.05, 0.1) is 17.7 Å². The molecule has 26 heavy (non-hydrogen) atoms. The normalized spacial score (nSPS) is 13.9. The summed E-state index contributed by atoms with van der Waals surface area (Å²) < 4.78 is 40.2. The largest absolute Gasteiger partial charge is 0.411 e. The van der Waals surface area contributed by atoms with Crippen LogP contribution in [0.2, 0.25) is 0 Å². The molecule has 0 bridgehead atoms. The van der Waals surface area contributed by atoms with E-state index in [0.717, 1.165) is 11.3 Å². The van der Waals surface area contributed by atoms with Crippen molar-refractivity contribution >= 4 is 17.7 Å². The van der Waals surface area contributed by atoms with Crippen molar-refractivity contribution in [2.75, 3.05) is 26.3 Å². The fraction of sp³-hybridized carbons (Fsp3) is 0.471. The standard InChI is InChI=1S/C17H19F3N2O4/c1-2-3-7-22-15(24)12-5-4-11(9-13(12)16(22)25)14(23)21-6-8-26-10-17(18,19)20/h4-5,9H,2-3,6-8,10H2,1H3,(H,21,23). The lowest BCUT2D eigenvalue weighted by molar-refractivity contribution is -0.173. The van der Waals surface area contributed by atoms with Crippen LogP contribution in [0.4, 0.5) is 13.2 Å². The van der Waals surface area contributed by atoms with Gasteiger partial charge in [-0.3, -0.25) is 19.3 Å². The molecule has 0 radical (unpaired) electrons. The average molecular weight is 372 g/mol. The molecule has 9 heteroatoms. The second-order valence-corrected chi connectivity index (χ2v) is 5.80. The Balaban J connectivity index is 1.95. The Hall–Kier alpha value is -2.42. The van der Waals surface area contributed by atoms with Crippen LogP contribution in [0.5, 0.6) is 0 Å². The number of unbranched alkanes of at least 4 members (excludes halogenated alkanes) is 1. The van der Waals surface area contributed by atoms with Crippen molar-refractivity contribution in [2.45, 2.75) is 25.9 Å². The maximum Gasteiger partial charge on any atom is 0.411 e. The van der Waals surface area contributed by atoms with Crippen molar-refractivity contribution in [3.63, 3.8) is 0 Å². The van der Waals surface area contributed by atoms with E-state index in [0.29, 0.717) is 13.0 Å². The van der Waals surface area contributed by atoms with E-state index in [1.165, 1.54) is 18.2 Å². The van der Waals surface area contributed by atoms with Gasteiger partial charge in [-0.1, -0.05) is 13.3 Å².